The third kappa shape index (κ3) is 2.07. The molecule has 0 saturated carbocycles. The van der Waals surface area contributed by atoms with Gasteiger partial charge in [0.2, 0.25) is 0 Å². The van der Waals surface area contributed by atoms with Gasteiger partial charge < -0.3 is 18.8 Å². The fraction of sp³-hybridized carbons (Fsp3) is 0.235. The van der Waals surface area contributed by atoms with Crippen molar-refractivity contribution in [3.8, 4) is 5.75 Å². The molecule has 1 saturated heterocycles. The Morgan fingerprint density at radius 3 is 2.76 bits per heavy atom. The van der Waals surface area contributed by atoms with Gasteiger partial charge in [-0.1, -0.05) is 0 Å². The van der Waals surface area contributed by atoms with E-state index in [9.17, 15) is 14.7 Å². The monoisotopic (exact) mass is 358 g/mol. The minimum Gasteiger partial charge on any atom is -0.506 e. The molecular weight excluding hydrogens is 344 g/mol. The summed E-state index contributed by atoms with van der Waals surface area (Å²) >= 11 is 5.43. The zero-order valence-electron chi connectivity index (χ0n) is 13.5. The maximum Gasteiger partial charge on any atom is 0.253 e. The van der Waals surface area contributed by atoms with Crippen molar-refractivity contribution >= 4 is 50.9 Å². The van der Waals surface area contributed by atoms with Gasteiger partial charge in [-0.2, -0.15) is 0 Å². The van der Waals surface area contributed by atoms with Crippen molar-refractivity contribution in [1.82, 2.24) is 4.90 Å². The smallest absolute Gasteiger partial charge is 0.253 e. The molecular formula is C17H14N2O5S. The highest BCUT2D eigenvalue weighted by atomic mass is 32.1. The second-order valence-corrected chi connectivity index (χ2v) is 6.18. The highest BCUT2D eigenvalue weighted by molar-refractivity contribution is 7.80. The lowest BCUT2D eigenvalue weighted by Crippen LogP contribution is -2.33. The van der Waals surface area contributed by atoms with E-state index in [1.807, 2.05) is 6.92 Å². The summed E-state index contributed by atoms with van der Waals surface area (Å²) in [6.07, 6.45) is 1.38. The van der Waals surface area contributed by atoms with Gasteiger partial charge in [0.15, 0.2) is 21.7 Å². The van der Waals surface area contributed by atoms with Gasteiger partial charge in [-0.3, -0.25) is 9.59 Å². The molecule has 0 atom stereocenters. The average molecular weight is 358 g/mol. The number of likely N-dealkylation sites (N-methyl/N-ethyl adjacent to an activating group) is 1. The summed E-state index contributed by atoms with van der Waals surface area (Å²) in [6, 6.07) is 2.83. The Kier molecular flexibility index (Phi) is 3.33. The Morgan fingerprint density at radius 1 is 1.32 bits per heavy atom. The van der Waals surface area contributed by atoms with Crippen LogP contribution in [0.1, 0.15) is 12.7 Å². The largest absolute Gasteiger partial charge is 0.506 e. The van der Waals surface area contributed by atoms with Crippen molar-refractivity contribution < 1.29 is 18.7 Å². The maximum atomic E-state index is 12.6. The topological polar surface area (TPSA) is 87.1 Å². The number of thiocarbonyl (C=S) groups is 1. The summed E-state index contributed by atoms with van der Waals surface area (Å²) in [5.41, 5.74) is 0.177. The number of carbonyl (C=O) groups excluding carboxylic acids is 1. The van der Waals surface area contributed by atoms with Gasteiger partial charge in [0.25, 0.3) is 5.91 Å². The van der Waals surface area contributed by atoms with E-state index < -0.39 is 5.43 Å². The zero-order chi connectivity index (χ0) is 17.9. The van der Waals surface area contributed by atoms with Crippen LogP contribution in [0.5, 0.6) is 5.75 Å². The molecule has 1 aliphatic rings. The molecule has 128 valence electrons. The number of rotatable bonds is 2. The lowest BCUT2D eigenvalue weighted by molar-refractivity contribution is -0.116. The summed E-state index contributed by atoms with van der Waals surface area (Å²) in [5.74, 6) is -0.129. The molecule has 1 amide bonds. The molecule has 0 unspecified atom stereocenters. The Morgan fingerprint density at radius 2 is 2.08 bits per heavy atom. The molecule has 7 nitrogen and oxygen atoms in total. The first-order valence-electron chi connectivity index (χ1n) is 7.72. The van der Waals surface area contributed by atoms with Crippen molar-refractivity contribution in [2.75, 3.05) is 18.0 Å². The third-order valence-corrected chi connectivity index (χ3v) is 4.74. The minimum absolute atomic E-state index is 0.0000449. The summed E-state index contributed by atoms with van der Waals surface area (Å²) in [4.78, 5) is 28.1. The number of aryl methyl sites for hydroxylation is 1. The Labute approximate surface area is 147 Å². The standard InChI is InChI=1S/C17H14N2O5S/c1-3-18-7-11(21)19(17(18)25)13-15-9(4-5-23-15)14(22)12-10(20)6-8(2)24-16(12)13/h4-6,22H,3,7H2,1-2H3. The van der Waals surface area contributed by atoms with Crippen molar-refractivity contribution in [2.45, 2.75) is 13.8 Å². The molecule has 0 radical (unpaired) electrons. The van der Waals surface area contributed by atoms with Gasteiger partial charge in [-0.05, 0) is 32.1 Å². The fourth-order valence-electron chi connectivity index (χ4n) is 3.14. The Hall–Kier alpha value is -2.87. The first-order valence-corrected chi connectivity index (χ1v) is 8.13. The molecule has 0 bridgehead atoms. The molecule has 2 aromatic heterocycles. The van der Waals surface area contributed by atoms with E-state index in [2.05, 4.69) is 0 Å². The number of hydrogen-bond acceptors (Lipinski definition) is 6. The molecule has 8 heteroatoms. The summed E-state index contributed by atoms with van der Waals surface area (Å²) in [7, 11) is 0. The molecule has 1 aliphatic heterocycles. The summed E-state index contributed by atoms with van der Waals surface area (Å²) in [5, 5.41) is 11.1. The molecule has 1 aromatic carbocycles. The second-order valence-electron chi connectivity index (χ2n) is 5.81. The quantitative estimate of drug-likeness (QED) is 0.704. The van der Waals surface area contributed by atoms with E-state index in [0.29, 0.717) is 22.8 Å². The number of aromatic hydroxyl groups is 1. The third-order valence-electron chi connectivity index (χ3n) is 4.30. The highest BCUT2D eigenvalue weighted by Gasteiger charge is 2.37. The molecule has 0 spiro atoms. The number of carbonyl (C=O) groups is 1. The molecule has 3 heterocycles. The number of fused-ring (bicyclic) bond motifs is 2. The van der Waals surface area contributed by atoms with Gasteiger partial charge in [-0.15, -0.1) is 0 Å². The predicted octanol–water partition coefficient (Wildman–Crippen LogP) is 2.51. The van der Waals surface area contributed by atoms with Crippen LogP contribution in [0.2, 0.25) is 0 Å². The van der Waals surface area contributed by atoms with Crippen LogP contribution in [0, 0.1) is 6.92 Å². The Bertz CT molecular complexity index is 1110. The average Bonchev–Trinajstić information content (AvgIpc) is 3.14. The number of benzene rings is 1. The van der Waals surface area contributed by atoms with Gasteiger partial charge >= 0.3 is 0 Å². The van der Waals surface area contributed by atoms with Gasteiger partial charge in [0.05, 0.1) is 18.2 Å². The van der Waals surface area contributed by atoms with Gasteiger partial charge in [0, 0.05) is 12.6 Å². The molecule has 25 heavy (non-hydrogen) atoms. The number of anilines is 1. The van der Waals surface area contributed by atoms with E-state index in [1.165, 1.54) is 23.3 Å². The van der Waals surface area contributed by atoms with Gasteiger partial charge in [0.1, 0.15) is 22.6 Å². The van der Waals surface area contributed by atoms with Crippen molar-refractivity contribution in [3.05, 3.63) is 34.4 Å². The molecule has 3 aromatic rings. The summed E-state index contributed by atoms with van der Waals surface area (Å²) in [6.45, 7) is 4.22. The van der Waals surface area contributed by atoms with Crippen LogP contribution in [0.25, 0.3) is 21.9 Å². The number of amides is 1. The first kappa shape index (κ1) is 15.6. The normalized spacial score (nSPS) is 15.1. The van der Waals surface area contributed by atoms with E-state index >= 15 is 0 Å². The van der Waals surface area contributed by atoms with Crippen molar-refractivity contribution in [1.29, 1.82) is 0 Å². The molecule has 1 N–H and O–H groups in total. The molecule has 4 rings (SSSR count). The van der Waals surface area contributed by atoms with Crippen LogP contribution in [0.4, 0.5) is 5.69 Å². The SMILES string of the molecule is CCN1CC(=O)N(c2c3occc3c(O)c3c(=O)cc(C)oc23)C1=S. The first-order chi connectivity index (χ1) is 11.9. The lowest BCUT2D eigenvalue weighted by Gasteiger charge is -2.20. The van der Waals surface area contributed by atoms with E-state index in [4.69, 9.17) is 21.1 Å². The van der Waals surface area contributed by atoms with Crippen molar-refractivity contribution in [2.24, 2.45) is 0 Å². The van der Waals surface area contributed by atoms with E-state index in [0.717, 1.165) is 0 Å². The maximum absolute atomic E-state index is 12.6. The number of phenolic OH excluding ortho intramolecular Hbond substituents is 1. The number of hydrogen-bond donors (Lipinski definition) is 1. The number of phenols is 1. The lowest BCUT2D eigenvalue weighted by atomic mass is 10.1. The minimum atomic E-state index is -0.398. The van der Waals surface area contributed by atoms with Crippen LogP contribution >= 0.6 is 12.2 Å². The van der Waals surface area contributed by atoms with Crippen LogP contribution in [0.15, 0.2) is 32.0 Å². The highest BCUT2D eigenvalue weighted by Crippen LogP contribution is 2.43. The molecule has 1 fully saturated rings. The van der Waals surface area contributed by atoms with E-state index in [1.54, 1.807) is 11.8 Å². The van der Waals surface area contributed by atoms with E-state index in [-0.39, 0.29) is 40.4 Å². The number of nitrogens with zero attached hydrogens (tertiary/aromatic N) is 2. The Balaban J connectivity index is 2.17. The van der Waals surface area contributed by atoms with Crippen molar-refractivity contribution in [3.63, 3.8) is 0 Å². The van der Waals surface area contributed by atoms with Crippen LogP contribution in [-0.2, 0) is 4.79 Å². The predicted molar refractivity (Wildman–Crippen MR) is 96.0 cm³/mol. The van der Waals surface area contributed by atoms with Crippen LogP contribution in [-0.4, -0.2) is 34.1 Å². The van der Waals surface area contributed by atoms with Crippen LogP contribution < -0.4 is 10.3 Å². The fourth-order valence-corrected chi connectivity index (χ4v) is 3.53. The van der Waals surface area contributed by atoms with Gasteiger partial charge in [-0.25, -0.2) is 4.90 Å². The van der Waals surface area contributed by atoms with Crippen LogP contribution in [0.3, 0.4) is 0 Å². The summed E-state index contributed by atoms with van der Waals surface area (Å²) < 4.78 is 11.2. The number of furan rings is 1. The zero-order valence-corrected chi connectivity index (χ0v) is 14.3. The molecule has 0 aliphatic carbocycles. The second kappa shape index (κ2) is 5.32.